The van der Waals surface area contributed by atoms with Gasteiger partial charge in [-0.05, 0) is 48.4 Å². The predicted molar refractivity (Wildman–Crippen MR) is 133 cm³/mol. The molecule has 11 nitrogen and oxygen atoms in total. The highest BCUT2D eigenvalue weighted by Crippen LogP contribution is 2.33. The van der Waals surface area contributed by atoms with E-state index in [9.17, 15) is 27.0 Å². The Balaban J connectivity index is 1.50. The van der Waals surface area contributed by atoms with Gasteiger partial charge in [0.2, 0.25) is 15.9 Å². The molecule has 0 bridgehead atoms. The van der Waals surface area contributed by atoms with E-state index in [2.05, 4.69) is 14.7 Å². The summed E-state index contributed by atoms with van der Waals surface area (Å²) < 4.78 is 55.8. The molecule has 13 heteroatoms. The molecule has 0 saturated carbocycles. The molecule has 2 heterocycles. The fourth-order valence-electron chi connectivity index (χ4n) is 3.89. The minimum Gasteiger partial charge on any atom is -0.506 e. The van der Waals surface area contributed by atoms with Crippen molar-refractivity contribution >= 4 is 37.0 Å². The minimum atomic E-state index is -4.09. The van der Waals surface area contributed by atoms with Crippen molar-refractivity contribution in [2.24, 2.45) is 0 Å². The zero-order chi connectivity index (χ0) is 25.5. The van der Waals surface area contributed by atoms with E-state index in [0.717, 1.165) is 11.7 Å². The van der Waals surface area contributed by atoms with E-state index >= 15 is 0 Å². The van der Waals surface area contributed by atoms with E-state index in [4.69, 9.17) is 0 Å². The summed E-state index contributed by atoms with van der Waals surface area (Å²) in [4.78, 5) is 7.77. The number of hydrogen-bond acceptors (Lipinski definition) is 7. The number of aromatic nitrogens is 2. The van der Waals surface area contributed by atoms with E-state index in [1.165, 1.54) is 24.3 Å². The summed E-state index contributed by atoms with van der Waals surface area (Å²) >= 11 is 0. The predicted octanol–water partition coefficient (Wildman–Crippen LogP) is 2.54. The lowest BCUT2D eigenvalue weighted by Gasteiger charge is -2.19. The van der Waals surface area contributed by atoms with E-state index < -0.39 is 32.2 Å². The maximum Gasteiger partial charge on any atom is 0.330 e. The van der Waals surface area contributed by atoms with Crippen LogP contribution in [0.25, 0.3) is 11.0 Å². The molecule has 186 valence electrons. The molecule has 1 aromatic heterocycles. The maximum absolute atomic E-state index is 13.1. The molecule has 3 aromatic carbocycles. The Morgan fingerprint density at radius 1 is 1.00 bits per heavy atom. The minimum absolute atomic E-state index is 0.0829. The number of benzene rings is 3. The number of H-pyrrole nitrogens is 1. The lowest BCUT2D eigenvalue weighted by atomic mass is 10.1. The number of imidazole rings is 1. The van der Waals surface area contributed by atoms with Crippen molar-refractivity contribution in [1.82, 2.24) is 19.4 Å². The second-order valence-corrected chi connectivity index (χ2v) is 11.3. The molecular weight excluding hydrogens is 506 g/mol. The lowest BCUT2D eigenvalue weighted by Crippen LogP contribution is -2.31. The van der Waals surface area contributed by atoms with Gasteiger partial charge in [0.05, 0.1) is 28.2 Å². The molecule has 0 radical (unpaired) electrons. The number of aromatic amines is 1. The van der Waals surface area contributed by atoms with Crippen LogP contribution in [-0.4, -0.2) is 37.0 Å². The van der Waals surface area contributed by atoms with Crippen LogP contribution >= 0.6 is 0 Å². The van der Waals surface area contributed by atoms with Crippen molar-refractivity contribution in [2.75, 3.05) is 4.31 Å². The number of sulfonamides is 1. The SMILES string of the molecule is O=S(=O)(NC(Cc1ccc(N2C=C(O)NS2(=O)=O)c(O)c1)c1nc2ccccc2[nH]1)c1ccccc1. The third kappa shape index (κ3) is 4.58. The Hall–Kier alpha value is -4.07. The van der Waals surface area contributed by atoms with E-state index in [0.29, 0.717) is 21.2 Å². The highest BCUT2D eigenvalue weighted by Gasteiger charge is 2.31. The molecule has 5 rings (SSSR count). The van der Waals surface area contributed by atoms with Crippen LogP contribution in [0.2, 0.25) is 0 Å². The average Bonchev–Trinajstić information content (AvgIpc) is 3.38. The standard InChI is InChI=1S/C23H21N5O6S2/c29-21-13-15(10-11-20(21)28-14-22(30)27-36(28,33)34)12-19(23-24-17-8-4-5-9-18(17)25-23)26-35(31,32)16-6-2-1-3-7-16/h1-11,13-14,19,26-27,29-30H,12H2,(H,24,25). The van der Waals surface area contributed by atoms with Crippen LogP contribution in [-0.2, 0) is 26.7 Å². The van der Waals surface area contributed by atoms with Crippen molar-refractivity contribution in [3.05, 3.63) is 96.3 Å². The van der Waals surface area contributed by atoms with E-state index in [1.54, 1.807) is 30.3 Å². The number of nitrogens with zero attached hydrogens (tertiary/aromatic N) is 2. The molecule has 0 saturated heterocycles. The van der Waals surface area contributed by atoms with Gasteiger partial charge >= 0.3 is 10.2 Å². The van der Waals surface area contributed by atoms with Crippen molar-refractivity contribution < 1.29 is 27.0 Å². The van der Waals surface area contributed by atoms with Crippen molar-refractivity contribution in [1.29, 1.82) is 0 Å². The van der Waals surface area contributed by atoms with Gasteiger partial charge in [-0.1, -0.05) is 36.4 Å². The number of aliphatic hydroxyl groups excluding tert-OH is 1. The topological polar surface area (TPSA) is 165 Å². The molecule has 4 aromatic rings. The highest BCUT2D eigenvalue weighted by molar-refractivity contribution is 7.91. The van der Waals surface area contributed by atoms with Gasteiger partial charge in [-0.25, -0.2) is 27.2 Å². The smallest absolute Gasteiger partial charge is 0.330 e. The number of aliphatic hydroxyl groups is 1. The summed E-state index contributed by atoms with van der Waals surface area (Å²) in [5.41, 5.74) is 1.82. The van der Waals surface area contributed by atoms with Gasteiger partial charge in [-0.15, -0.1) is 0 Å². The molecule has 0 fully saturated rings. The van der Waals surface area contributed by atoms with Gasteiger partial charge in [0.1, 0.15) is 17.3 Å². The number of hydrogen-bond donors (Lipinski definition) is 5. The van der Waals surface area contributed by atoms with Crippen molar-refractivity contribution in [3.8, 4) is 5.75 Å². The number of nitrogens with one attached hydrogen (secondary N) is 3. The molecule has 36 heavy (non-hydrogen) atoms. The van der Waals surface area contributed by atoms with Crippen LogP contribution in [0.15, 0.2) is 89.8 Å². The molecule has 1 atom stereocenters. The highest BCUT2D eigenvalue weighted by atomic mass is 32.2. The molecule has 5 N–H and O–H groups in total. The first-order valence-electron chi connectivity index (χ1n) is 10.7. The maximum atomic E-state index is 13.1. The molecular formula is C23H21N5O6S2. The fourth-order valence-corrected chi connectivity index (χ4v) is 6.18. The normalized spacial score (nSPS) is 16.0. The third-order valence-corrected chi connectivity index (χ3v) is 8.31. The van der Waals surface area contributed by atoms with E-state index in [1.807, 2.05) is 22.9 Å². The quantitative estimate of drug-likeness (QED) is 0.246. The third-order valence-electron chi connectivity index (χ3n) is 5.54. The zero-order valence-corrected chi connectivity index (χ0v) is 20.2. The van der Waals surface area contributed by atoms with E-state index in [-0.39, 0.29) is 22.8 Å². The Morgan fingerprint density at radius 2 is 1.72 bits per heavy atom. The monoisotopic (exact) mass is 527 g/mol. The Labute approximate surface area is 207 Å². The van der Waals surface area contributed by atoms with Crippen LogP contribution in [0, 0.1) is 0 Å². The van der Waals surface area contributed by atoms with Crippen molar-refractivity contribution in [3.63, 3.8) is 0 Å². The summed E-state index contributed by atoms with van der Waals surface area (Å²) in [5.74, 6) is -0.588. The van der Waals surface area contributed by atoms with Gasteiger partial charge < -0.3 is 15.2 Å². The van der Waals surface area contributed by atoms with Crippen LogP contribution in [0.5, 0.6) is 5.75 Å². The first-order valence-corrected chi connectivity index (χ1v) is 13.6. The molecule has 0 spiro atoms. The molecule has 1 unspecified atom stereocenters. The summed E-state index contributed by atoms with van der Waals surface area (Å²) in [6.45, 7) is 0. The second kappa shape index (κ2) is 8.86. The molecule has 1 aliphatic heterocycles. The number of rotatable bonds is 7. The molecule has 0 aliphatic carbocycles. The summed E-state index contributed by atoms with van der Waals surface area (Å²) in [6, 6.07) is 18.6. The van der Waals surface area contributed by atoms with Gasteiger partial charge in [0, 0.05) is 0 Å². The number of fused-ring (bicyclic) bond motifs is 1. The molecule has 1 aliphatic rings. The first-order chi connectivity index (χ1) is 17.1. The number of para-hydroxylation sites is 2. The lowest BCUT2D eigenvalue weighted by molar-refractivity contribution is 0.392. The number of phenols is 1. The number of phenolic OH excluding ortho intramolecular Hbond substituents is 1. The zero-order valence-electron chi connectivity index (χ0n) is 18.5. The Kier molecular flexibility index (Phi) is 5.82. The van der Waals surface area contributed by atoms with Crippen LogP contribution in [0.4, 0.5) is 5.69 Å². The number of anilines is 1. The van der Waals surface area contributed by atoms with Crippen molar-refractivity contribution in [2.45, 2.75) is 17.4 Å². The van der Waals surface area contributed by atoms with Crippen LogP contribution in [0.3, 0.4) is 0 Å². The van der Waals surface area contributed by atoms with Crippen LogP contribution < -0.4 is 13.7 Å². The van der Waals surface area contributed by atoms with Gasteiger partial charge in [-0.3, -0.25) is 0 Å². The fraction of sp³-hybridized carbons (Fsp3) is 0.0870. The van der Waals surface area contributed by atoms with Crippen LogP contribution in [0.1, 0.15) is 17.4 Å². The molecule has 0 amide bonds. The summed E-state index contributed by atoms with van der Waals surface area (Å²) in [5, 5.41) is 20.1. The largest absolute Gasteiger partial charge is 0.506 e. The average molecular weight is 528 g/mol. The van der Waals surface area contributed by atoms with Gasteiger partial charge in [-0.2, -0.15) is 8.42 Å². The Bertz CT molecular complexity index is 1650. The number of aromatic hydroxyl groups is 1. The summed E-state index contributed by atoms with van der Waals surface area (Å²) in [7, 11) is -8.01. The van der Waals surface area contributed by atoms with Gasteiger partial charge in [0.25, 0.3) is 0 Å². The van der Waals surface area contributed by atoms with Gasteiger partial charge in [0.15, 0.2) is 0 Å². The first kappa shape index (κ1) is 23.7. The summed E-state index contributed by atoms with van der Waals surface area (Å²) in [6.07, 6.45) is 1.01. The Morgan fingerprint density at radius 3 is 2.39 bits per heavy atom. The second-order valence-electron chi connectivity index (χ2n) is 8.07.